The highest BCUT2D eigenvalue weighted by atomic mass is 35.5. The van der Waals surface area contributed by atoms with Crippen molar-refractivity contribution in [2.45, 2.75) is 12.5 Å². The van der Waals surface area contributed by atoms with Gasteiger partial charge in [0.25, 0.3) is 5.91 Å². The van der Waals surface area contributed by atoms with Gasteiger partial charge in [0.2, 0.25) is 0 Å². The maximum absolute atomic E-state index is 12.3. The minimum Gasteiger partial charge on any atom is -0.508 e. The van der Waals surface area contributed by atoms with Crippen molar-refractivity contribution in [1.29, 1.82) is 0 Å². The normalized spacial score (nSPS) is 11.7. The zero-order valence-corrected chi connectivity index (χ0v) is 14.8. The smallest absolute Gasteiger partial charge is 0.322 e. The molecule has 6 nitrogen and oxygen atoms in total. The third kappa shape index (κ3) is 4.85. The van der Waals surface area contributed by atoms with Crippen LogP contribution in [0.15, 0.2) is 36.4 Å². The predicted molar refractivity (Wildman–Crippen MR) is 96.2 cm³/mol. The van der Waals surface area contributed by atoms with Gasteiger partial charge in [-0.1, -0.05) is 35.3 Å². The van der Waals surface area contributed by atoms with E-state index in [0.29, 0.717) is 12.1 Å². The molecule has 1 atom stereocenters. The number of hydrogen-bond donors (Lipinski definition) is 3. The van der Waals surface area contributed by atoms with Gasteiger partial charge >= 0.3 is 5.97 Å². The molecule has 0 saturated carbocycles. The van der Waals surface area contributed by atoms with Gasteiger partial charge in [-0.15, -0.1) is 0 Å². The van der Waals surface area contributed by atoms with Crippen molar-refractivity contribution in [1.82, 2.24) is 0 Å². The summed E-state index contributed by atoms with van der Waals surface area (Å²) in [4.78, 5) is 23.6. The highest BCUT2D eigenvalue weighted by Crippen LogP contribution is 2.30. The number of carbonyl (C=O) groups excluding carboxylic acids is 2. The van der Waals surface area contributed by atoms with Crippen LogP contribution in [0.2, 0.25) is 10.0 Å². The molecule has 25 heavy (non-hydrogen) atoms. The van der Waals surface area contributed by atoms with Crippen molar-refractivity contribution in [3.05, 3.63) is 57.6 Å². The summed E-state index contributed by atoms with van der Waals surface area (Å²) in [5, 5.41) is 12.2. The molecule has 2 rings (SSSR count). The van der Waals surface area contributed by atoms with E-state index in [9.17, 15) is 14.7 Å². The van der Waals surface area contributed by atoms with Crippen LogP contribution in [-0.4, -0.2) is 30.1 Å². The molecule has 2 aromatic carbocycles. The van der Waals surface area contributed by atoms with Crippen LogP contribution < -0.4 is 11.1 Å². The van der Waals surface area contributed by atoms with E-state index in [1.165, 1.54) is 19.2 Å². The zero-order valence-electron chi connectivity index (χ0n) is 13.3. The Balaban J connectivity index is 2.09. The van der Waals surface area contributed by atoms with Gasteiger partial charge in [0.1, 0.15) is 11.8 Å². The molecule has 1 unspecified atom stereocenters. The third-order valence-corrected chi connectivity index (χ3v) is 4.02. The number of amides is 1. The maximum atomic E-state index is 12.3. The van der Waals surface area contributed by atoms with Gasteiger partial charge in [-0.25, -0.2) is 0 Å². The van der Waals surface area contributed by atoms with Gasteiger partial charge < -0.3 is 20.9 Å². The number of anilines is 1. The van der Waals surface area contributed by atoms with E-state index in [-0.39, 0.29) is 21.4 Å². The molecule has 0 aliphatic rings. The van der Waals surface area contributed by atoms with Crippen molar-refractivity contribution < 1.29 is 19.4 Å². The number of ether oxygens (including phenoxy) is 1. The fraction of sp³-hybridized carbons (Fsp3) is 0.176. The van der Waals surface area contributed by atoms with Crippen LogP contribution in [0.3, 0.4) is 0 Å². The summed E-state index contributed by atoms with van der Waals surface area (Å²) in [6.45, 7) is 0. The summed E-state index contributed by atoms with van der Waals surface area (Å²) >= 11 is 11.9. The Kier molecular flexibility index (Phi) is 6.25. The lowest BCUT2D eigenvalue weighted by molar-refractivity contribution is -0.142. The summed E-state index contributed by atoms with van der Waals surface area (Å²) in [6, 6.07) is 8.52. The molecule has 4 N–H and O–H groups in total. The lowest BCUT2D eigenvalue weighted by Gasteiger charge is -2.11. The highest BCUT2D eigenvalue weighted by molar-refractivity contribution is 6.40. The first-order chi connectivity index (χ1) is 11.8. The van der Waals surface area contributed by atoms with E-state index in [0.717, 1.165) is 5.56 Å². The first-order valence-corrected chi connectivity index (χ1v) is 7.99. The van der Waals surface area contributed by atoms with Gasteiger partial charge in [0, 0.05) is 5.69 Å². The minimum absolute atomic E-state index is 0.0446. The number of methoxy groups -OCH3 is 1. The Hall–Kier alpha value is -2.28. The van der Waals surface area contributed by atoms with Crippen molar-refractivity contribution in [3.63, 3.8) is 0 Å². The number of phenols is 1. The van der Waals surface area contributed by atoms with Gasteiger partial charge in [0.15, 0.2) is 0 Å². The highest BCUT2D eigenvalue weighted by Gasteiger charge is 2.17. The van der Waals surface area contributed by atoms with Crippen molar-refractivity contribution in [3.8, 4) is 5.75 Å². The summed E-state index contributed by atoms with van der Waals surface area (Å²) in [5.41, 5.74) is 7.10. The summed E-state index contributed by atoms with van der Waals surface area (Å²) in [6.07, 6.45) is 0.316. The second kappa shape index (κ2) is 8.20. The van der Waals surface area contributed by atoms with E-state index < -0.39 is 17.9 Å². The molecule has 2 aromatic rings. The maximum Gasteiger partial charge on any atom is 0.322 e. The molecular weight excluding hydrogens is 367 g/mol. The Labute approximate surface area is 154 Å². The SMILES string of the molecule is COC(=O)C(N)Cc1ccc(NC(=O)c2c(Cl)cc(O)cc2Cl)cc1. The number of esters is 1. The quantitative estimate of drug-likeness (QED) is 0.689. The molecule has 0 heterocycles. The first-order valence-electron chi connectivity index (χ1n) is 7.23. The summed E-state index contributed by atoms with van der Waals surface area (Å²) in [5.74, 6) is -1.12. The monoisotopic (exact) mass is 382 g/mol. The Bertz CT molecular complexity index is 771. The molecule has 8 heteroatoms. The number of halogens is 2. The Morgan fingerprint density at radius 3 is 2.28 bits per heavy atom. The largest absolute Gasteiger partial charge is 0.508 e. The van der Waals surface area contributed by atoms with E-state index >= 15 is 0 Å². The van der Waals surface area contributed by atoms with Crippen LogP contribution in [0.25, 0.3) is 0 Å². The minimum atomic E-state index is -0.750. The van der Waals surface area contributed by atoms with Crippen molar-refractivity contribution in [2.24, 2.45) is 5.73 Å². The average Bonchev–Trinajstić information content (AvgIpc) is 2.54. The molecule has 0 aliphatic carbocycles. The fourth-order valence-corrected chi connectivity index (χ4v) is 2.83. The summed E-state index contributed by atoms with van der Waals surface area (Å²) in [7, 11) is 1.28. The molecule has 0 aromatic heterocycles. The molecule has 0 aliphatic heterocycles. The van der Waals surface area contributed by atoms with Crippen LogP contribution in [0.4, 0.5) is 5.69 Å². The number of aromatic hydroxyl groups is 1. The number of nitrogens with two attached hydrogens (primary N) is 1. The van der Waals surface area contributed by atoms with E-state index in [1.54, 1.807) is 24.3 Å². The van der Waals surface area contributed by atoms with Crippen LogP contribution >= 0.6 is 23.2 Å². The Morgan fingerprint density at radius 2 is 1.76 bits per heavy atom. The van der Waals surface area contributed by atoms with Crippen LogP contribution in [-0.2, 0) is 16.0 Å². The second-order valence-corrected chi connectivity index (χ2v) is 6.08. The van der Waals surface area contributed by atoms with Crippen LogP contribution in [0.5, 0.6) is 5.75 Å². The van der Waals surface area contributed by atoms with Crippen LogP contribution in [0, 0.1) is 0 Å². The molecule has 0 fully saturated rings. The molecular formula is C17H16Cl2N2O4. The fourth-order valence-electron chi connectivity index (χ4n) is 2.18. The van der Waals surface area contributed by atoms with Gasteiger partial charge in [-0.2, -0.15) is 0 Å². The van der Waals surface area contributed by atoms with Crippen molar-refractivity contribution >= 4 is 40.8 Å². The van der Waals surface area contributed by atoms with E-state index in [4.69, 9.17) is 28.9 Å². The van der Waals surface area contributed by atoms with E-state index in [1.807, 2.05) is 0 Å². The number of nitrogens with one attached hydrogen (secondary N) is 1. The molecule has 132 valence electrons. The topological polar surface area (TPSA) is 102 Å². The molecule has 0 bridgehead atoms. The lowest BCUT2D eigenvalue weighted by atomic mass is 10.1. The van der Waals surface area contributed by atoms with Gasteiger partial charge in [-0.05, 0) is 36.2 Å². The number of carbonyl (C=O) groups is 2. The number of benzene rings is 2. The number of rotatable bonds is 5. The first kappa shape index (κ1) is 19.1. The predicted octanol–water partition coefficient (Wildman–Crippen LogP) is 2.99. The standard InChI is InChI=1S/C17H16Cl2N2O4/c1-25-17(24)14(20)6-9-2-4-10(5-3-9)21-16(23)15-12(18)7-11(22)8-13(15)19/h2-5,7-8,14,22H,6,20H2,1H3,(H,21,23). The molecule has 0 radical (unpaired) electrons. The third-order valence-electron chi connectivity index (χ3n) is 3.43. The zero-order chi connectivity index (χ0) is 18.6. The van der Waals surface area contributed by atoms with E-state index in [2.05, 4.69) is 10.1 Å². The average molecular weight is 383 g/mol. The number of hydrogen-bond acceptors (Lipinski definition) is 5. The second-order valence-electron chi connectivity index (χ2n) is 5.27. The van der Waals surface area contributed by atoms with Gasteiger partial charge in [-0.3, -0.25) is 9.59 Å². The molecule has 0 saturated heterocycles. The van der Waals surface area contributed by atoms with Crippen molar-refractivity contribution in [2.75, 3.05) is 12.4 Å². The molecule has 0 spiro atoms. The lowest BCUT2D eigenvalue weighted by Crippen LogP contribution is -2.33. The van der Waals surface area contributed by atoms with Crippen LogP contribution in [0.1, 0.15) is 15.9 Å². The molecule has 1 amide bonds. The van der Waals surface area contributed by atoms with Gasteiger partial charge in [0.05, 0.1) is 22.7 Å². The summed E-state index contributed by atoms with van der Waals surface area (Å²) < 4.78 is 4.58. The Morgan fingerprint density at radius 1 is 1.20 bits per heavy atom. The number of phenolic OH excluding ortho intramolecular Hbond substituents is 1.